The molecule has 4 nitrogen and oxygen atoms in total. The molecule has 0 atom stereocenters. The number of aromatic amines is 1. The molecule has 1 aromatic rings. The van der Waals surface area contributed by atoms with Gasteiger partial charge >= 0.3 is 11.9 Å². The van der Waals surface area contributed by atoms with E-state index in [2.05, 4.69) is 16.3 Å². The quantitative estimate of drug-likeness (QED) is 0.509. The van der Waals surface area contributed by atoms with Crippen molar-refractivity contribution in [1.29, 1.82) is 0 Å². The van der Waals surface area contributed by atoms with Gasteiger partial charge in [-0.05, 0) is 6.92 Å². The fourth-order valence-electron chi connectivity index (χ4n) is 0.896. The van der Waals surface area contributed by atoms with E-state index in [1.165, 1.54) is 19.3 Å². The molecule has 0 unspecified atom stereocenters. The summed E-state index contributed by atoms with van der Waals surface area (Å²) in [7, 11) is 0. The Bertz CT molecular complexity index is 362. The van der Waals surface area contributed by atoms with Crippen molar-refractivity contribution in [3.63, 3.8) is 0 Å². The number of rotatable bonds is 0. The minimum atomic E-state index is -0.568. The zero-order valence-corrected chi connectivity index (χ0v) is 7.46. The minimum absolute atomic E-state index is 0.324. The molecular formula is C9H8FNO3. The molecule has 14 heavy (non-hydrogen) atoms. The lowest BCUT2D eigenvalue weighted by molar-refractivity contribution is 0.0442. The molecule has 2 heterocycles. The molecule has 0 radical (unpaired) electrons. The number of hydrogen-bond acceptors (Lipinski definition) is 3. The zero-order valence-electron chi connectivity index (χ0n) is 7.46. The van der Waals surface area contributed by atoms with Crippen molar-refractivity contribution in [2.24, 2.45) is 0 Å². The third-order valence-corrected chi connectivity index (χ3v) is 1.37. The largest absolute Gasteiger partial charge is 0.386 e. The molecule has 0 saturated carbocycles. The maximum absolute atomic E-state index is 10.8. The summed E-state index contributed by atoms with van der Waals surface area (Å²) in [6.07, 6.45) is 2.89. The number of H-pyrrole nitrogens is 1. The van der Waals surface area contributed by atoms with Crippen LogP contribution in [0.1, 0.15) is 27.6 Å². The molecule has 0 aromatic carbocycles. The maximum Gasteiger partial charge on any atom is 0.348 e. The molecule has 1 aliphatic heterocycles. The van der Waals surface area contributed by atoms with Crippen LogP contribution in [0.2, 0.25) is 0 Å². The van der Waals surface area contributed by atoms with E-state index in [-0.39, 0.29) is 5.83 Å². The molecule has 0 fully saturated rings. The number of ether oxygens (including phenoxy) is 1. The number of nitrogens with one attached hydrogen (secondary N) is 1. The number of aromatic nitrogens is 1. The number of carbonyl (C=O) groups excluding carboxylic acids is 2. The topological polar surface area (TPSA) is 59.2 Å². The highest BCUT2D eigenvalue weighted by molar-refractivity contribution is 6.14. The smallest absolute Gasteiger partial charge is 0.348 e. The monoisotopic (exact) mass is 197 g/mol. The van der Waals surface area contributed by atoms with Gasteiger partial charge in [0.05, 0.1) is 17.0 Å². The second-order valence-corrected chi connectivity index (χ2v) is 2.64. The van der Waals surface area contributed by atoms with E-state index in [9.17, 15) is 14.0 Å². The number of halogens is 1. The van der Waals surface area contributed by atoms with Crippen molar-refractivity contribution in [2.75, 3.05) is 0 Å². The normalized spacial score (nSPS) is 12.7. The van der Waals surface area contributed by atoms with E-state index in [4.69, 9.17) is 0 Å². The Morgan fingerprint density at radius 3 is 2.07 bits per heavy atom. The minimum Gasteiger partial charge on any atom is -0.386 e. The molecule has 0 spiro atoms. The summed E-state index contributed by atoms with van der Waals surface area (Å²) >= 11 is 0. The van der Waals surface area contributed by atoms with Crippen molar-refractivity contribution >= 4 is 11.9 Å². The summed E-state index contributed by atoms with van der Waals surface area (Å²) in [5.41, 5.74) is 0.648. The summed E-state index contributed by atoms with van der Waals surface area (Å²) in [5.74, 6) is -1.47. The van der Waals surface area contributed by atoms with E-state index in [1.54, 1.807) is 0 Å². The van der Waals surface area contributed by atoms with Gasteiger partial charge in [-0.15, -0.1) is 0 Å². The van der Waals surface area contributed by atoms with Gasteiger partial charge in [-0.1, -0.05) is 6.58 Å². The maximum atomic E-state index is 10.8. The first kappa shape index (κ1) is 10.2. The Morgan fingerprint density at radius 2 is 1.71 bits per heavy atom. The summed E-state index contributed by atoms with van der Waals surface area (Å²) in [4.78, 5) is 24.0. The first-order valence-electron chi connectivity index (χ1n) is 3.76. The summed E-state index contributed by atoms with van der Waals surface area (Å²) < 4.78 is 15.1. The van der Waals surface area contributed by atoms with Gasteiger partial charge in [-0.25, -0.2) is 14.0 Å². The van der Waals surface area contributed by atoms with E-state index in [1.807, 2.05) is 0 Å². The second-order valence-electron chi connectivity index (χ2n) is 2.64. The lowest BCUT2D eigenvalue weighted by Gasteiger charge is -1.83. The first-order chi connectivity index (χ1) is 6.52. The average molecular weight is 197 g/mol. The van der Waals surface area contributed by atoms with Crippen LogP contribution in [0.15, 0.2) is 24.8 Å². The van der Waals surface area contributed by atoms with Crippen LogP contribution in [0.5, 0.6) is 0 Å². The lowest BCUT2D eigenvalue weighted by Crippen LogP contribution is -1.98. The Balaban J connectivity index is 0.000000213. The van der Waals surface area contributed by atoms with E-state index < -0.39 is 11.9 Å². The van der Waals surface area contributed by atoms with E-state index in [0.29, 0.717) is 11.1 Å². The number of carbonyl (C=O) groups is 2. The molecule has 1 aliphatic rings. The number of fused-ring (bicyclic) bond motifs is 1. The highest BCUT2D eigenvalue weighted by atomic mass is 19.1. The standard InChI is InChI=1S/C6H3NO3.C3H5F/c8-5-3-1-7-2-4(3)6(9)10-5;1-3(2)4/h1-2,7H;1H2,2H3. The molecule has 2 rings (SSSR count). The van der Waals surface area contributed by atoms with Gasteiger partial charge in [0.1, 0.15) is 0 Å². The van der Waals surface area contributed by atoms with Crippen LogP contribution in [0.4, 0.5) is 4.39 Å². The number of allylic oxidation sites excluding steroid dienone is 1. The van der Waals surface area contributed by atoms with E-state index in [0.717, 1.165) is 0 Å². The Labute approximate surface area is 79.4 Å². The highest BCUT2D eigenvalue weighted by Crippen LogP contribution is 2.17. The van der Waals surface area contributed by atoms with Gasteiger partial charge in [-0.3, -0.25) is 0 Å². The Hall–Kier alpha value is -1.91. The molecule has 1 N–H and O–H groups in total. The zero-order chi connectivity index (χ0) is 10.7. The number of esters is 2. The molecule has 0 bridgehead atoms. The summed E-state index contributed by atoms with van der Waals surface area (Å²) in [6.45, 7) is 4.19. The fourth-order valence-corrected chi connectivity index (χ4v) is 0.896. The van der Waals surface area contributed by atoms with Crippen LogP contribution < -0.4 is 0 Å². The van der Waals surface area contributed by atoms with Gasteiger partial charge < -0.3 is 9.72 Å². The van der Waals surface area contributed by atoms with Gasteiger partial charge in [-0.2, -0.15) is 0 Å². The van der Waals surface area contributed by atoms with Crippen LogP contribution in [-0.2, 0) is 4.74 Å². The van der Waals surface area contributed by atoms with Crippen LogP contribution >= 0.6 is 0 Å². The second kappa shape index (κ2) is 3.87. The molecule has 74 valence electrons. The van der Waals surface area contributed by atoms with Gasteiger partial charge in [0.2, 0.25) is 0 Å². The molecular weight excluding hydrogens is 189 g/mol. The highest BCUT2D eigenvalue weighted by Gasteiger charge is 2.29. The number of hydrogen-bond donors (Lipinski definition) is 1. The van der Waals surface area contributed by atoms with Crippen molar-refractivity contribution < 1.29 is 18.7 Å². The van der Waals surface area contributed by atoms with Crippen molar-refractivity contribution in [2.45, 2.75) is 6.92 Å². The predicted octanol–water partition coefficient (Wildman–Crippen LogP) is 1.81. The third kappa shape index (κ3) is 2.07. The molecule has 5 heteroatoms. The number of cyclic esters (lactones) is 2. The van der Waals surface area contributed by atoms with Gasteiger partial charge in [0, 0.05) is 12.4 Å². The SMILES string of the molecule is C=C(C)F.O=C1OC(=O)c2c[nH]cc21. The lowest BCUT2D eigenvalue weighted by atomic mass is 10.2. The molecule has 0 aliphatic carbocycles. The van der Waals surface area contributed by atoms with Crippen molar-refractivity contribution in [3.8, 4) is 0 Å². The Kier molecular flexibility index (Phi) is 2.81. The fraction of sp³-hybridized carbons (Fsp3) is 0.111. The van der Waals surface area contributed by atoms with Crippen LogP contribution in [0.3, 0.4) is 0 Å². The molecule has 0 amide bonds. The van der Waals surface area contributed by atoms with Crippen LogP contribution in [0.25, 0.3) is 0 Å². The summed E-state index contributed by atoms with van der Waals surface area (Å²) in [6, 6.07) is 0. The average Bonchev–Trinajstić information content (AvgIpc) is 2.57. The van der Waals surface area contributed by atoms with Gasteiger partial charge in [0.25, 0.3) is 0 Å². The predicted molar refractivity (Wildman–Crippen MR) is 46.5 cm³/mol. The van der Waals surface area contributed by atoms with Crippen LogP contribution in [-0.4, -0.2) is 16.9 Å². The van der Waals surface area contributed by atoms with Crippen molar-refractivity contribution in [1.82, 2.24) is 4.98 Å². The first-order valence-corrected chi connectivity index (χ1v) is 3.76. The molecule has 0 saturated heterocycles. The van der Waals surface area contributed by atoms with Crippen molar-refractivity contribution in [3.05, 3.63) is 35.9 Å². The van der Waals surface area contributed by atoms with Gasteiger partial charge in [0.15, 0.2) is 0 Å². The summed E-state index contributed by atoms with van der Waals surface area (Å²) in [5, 5.41) is 0. The Morgan fingerprint density at radius 1 is 1.36 bits per heavy atom. The molecule has 1 aromatic heterocycles. The van der Waals surface area contributed by atoms with Crippen LogP contribution in [0, 0.1) is 0 Å². The van der Waals surface area contributed by atoms with E-state index >= 15 is 0 Å². The third-order valence-electron chi connectivity index (χ3n) is 1.37.